The first kappa shape index (κ1) is 16.2. The molecule has 0 radical (unpaired) electrons. The number of rotatable bonds is 2. The van der Waals surface area contributed by atoms with E-state index in [9.17, 15) is 9.59 Å². The number of nitrogens with zero attached hydrogens (tertiary/aromatic N) is 3. The minimum Gasteiger partial charge on any atom is -0.366 e. The standard InChI is InChI=1S/C16H18ClN3O2/c1-5-20-14-7-6-11(16(22)18-10(2)19(3)4)8-12(14)13(17)9-15(20)21/h6-9H,5H2,1-4H3/b18-10+. The van der Waals surface area contributed by atoms with Crippen molar-refractivity contribution in [3.8, 4) is 0 Å². The quantitative estimate of drug-likeness (QED) is 0.632. The number of aliphatic imine (C=N–C) groups is 1. The Kier molecular flexibility index (Phi) is 4.66. The molecule has 0 saturated carbocycles. The molecule has 1 aromatic carbocycles. The highest BCUT2D eigenvalue weighted by Crippen LogP contribution is 2.23. The van der Waals surface area contributed by atoms with E-state index in [1.165, 1.54) is 6.07 Å². The number of carbonyl (C=O) groups excluding carboxylic acids is 1. The third-order valence-corrected chi connectivity index (χ3v) is 3.85. The predicted molar refractivity (Wildman–Crippen MR) is 90.0 cm³/mol. The summed E-state index contributed by atoms with van der Waals surface area (Å²) in [6.45, 7) is 4.19. The van der Waals surface area contributed by atoms with Crippen LogP contribution in [0.15, 0.2) is 34.1 Å². The van der Waals surface area contributed by atoms with E-state index in [-0.39, 0.29) is 11.5 Å². The number of aromatic nitrogens is 1. The number of halogens is 1. The predicted octanol–water partition coefficient (Wildman–Crippen LogP) is 2.80. The summed E-state index contributed by atoms with van der Waals surface area (Å²) in [6, 6.07) is 6.45. The molecular formula is C16H18ClN3O2. The van der Waals surface area contributed by atoms with Gasteiger partial charge in [-0.3, -0.25) is 9.59 Å². The number of hydrogen-bond donors (Lipinski definition) is 0. The van der Waals surface area contributed by atoms with E-state index in [1.807, 2.05) is 21.0 Å². The van der Waals surface area contributed by atoms with Gasteiger partial charge >= 0.3 is 0 Å². The zero-order chi connectivity index (χ0) is 16.4. The number of amidine groups is 1. The highest BCUT2D eigenvalue weighted by Gasteiger charge is 2.11. The fraction of sp³-hybridized carbons (Fsp3) is 0.312. The summed E-state index contributed by atoms with van der Waals surface area (Å²) in [5.74, 6) is 0.285. The molecule has 0 aliphatic rings. The molecule has 116 valence electrons. The lowest BCUT2D eigenvalue weighted by Crippen LogP contribution is -2.20. The summed E-state index contributed by atoms with van der Waals surface area (Å²) in [5.41, 5.74) is 1.00. The molecule has 6 heteroatoms. The Balaban J connectivity index is 2.59. The Labute approximate surface area is 133 Å². The molecular weight excluding hydrogens is 302 g/mol. The summed E-state index contributed by atoms with van der Waals surface area (Å²) in [4.78, 5) is 29.9. The third-order valence-electron chi connectivity index (χ3n) is 3.53. The minimum atomic E-state index is -0.335. The maximum Gasteiger partial charge on any atom is 0.278 e. The number of hydrogen-bond acceptors (Lipinski definition) is 2. The number of pyridine rings is 1. The van der Waals surface area contributed by atoms with Crippen LogP contribution in [0.1, 0.15) is 24.2 Å². The molecule has 0 fully saturated rings. The van der Waals surface area contributed by atoms with Crippen LogP contribution in [-0.2, 0) is 6.54 Å². The minimum absolute atomic E-state index is 0.152. The largest absolute Gasteiger partial charge is 0.366 e. The van der Waals surface area contributed by atoms with Gasteiger partial charge in [-0.05, 0) is 32.0 Å². The van der Waals surface area contributed by atoms with Crippen molar-refractivity contribution in [3.05, 3.63) is 45.2 Å². The van der Waals surface area contributed by atoms with Gasteiger partial charge in [-0.2, -0.15) is 4.99 Å². The van der Waals surface area contributed by atoms with Crippen LogP contribution in [0.25, 0.3) is 10.9 Å². The summed E-state index contributed by atoms with van der Waals surface area (Å²) in [7, 11) is 3.65. The fourth-order valence-corrected chi connectivity index (χ4v) is 2.36. The van der Waals surface area contributed by atoms with Crippen molar-refractivity contribution in [2.45, 2.75) is 20.4 Å². The first-order chi connectivity index (χ1) is 10.3. The Bertz CT molecular complexity index is 822. The van der Waals surface area contributed by atoms with Gasteiger partial charge in [-0.25, -0.2) is 0 Å². The second-order valence-corrected chi connectivity index (χ2v) is 5.57. The van der Waals surface area contributed by atoms with Crippen LogP contribution in [0.2, 0.25) is 5.02 Å². The average Bonchev–Trinajstić information content (AvgIpc) is 2.47. The van der Waals surface area contributed by atoms with Crippen molar-refractivity contribution in [2.24, 2.45) is 4.99 Å². The Morgan fingerprint density at radius 3 is 2.59 bits per heavy atom. The lowest BCUT2D eigenvalue weighted by molar-refractivity contribution is 0.100. The Morgan fingerprint density at radius 1 is 1.32 bits per heavy atom. The molecule has 2 aromatic rings. The Morgan fingerprint density at radius 2 is 2.00 bits per heavy atom. The lowest BCUT2D eigenvalue weighted by atomic mass is 10.1. The van der Waals surface area contributed by atoms with Gasteiger partial charge in [0, 0.05) is 37.7 Å². The SMILES string of the molecule is CCn1c(=O)cc(Cl)c2cc(C(=O)/N=C(\C)N(C)C)ccc21. The van der Waals surface area contributed by atoms with Crippen LogP contribution < -0.4 is 5.56 Å². The van der Waals surface area contributed by atoms with Gasteiger partial charge in [-0.1, -0.05) is 11.6 Å². The van der Waals surface area contributed by atoms with E-state index in [1.54, 1.807) is 34.6 Å². The van der Waals surface area contributed by atoms with Crippen molar-refractivity contribution in [2.75, 3.05) is 14.1 Å². The van der Waals surface area contributed by atoms with Gasteiger partial charge in [0.1, 0.15) is 5.84 Å². The number of fused-ring (bicyclic) bond motifs is 1. The second kappa shape index (κ2) is 6.32. The van der Waals surface area contributed by atoms with Gasteiger partial charge in [0.25, 0.3) is 11.5 Å². The highest BCUT2D eigenvalue weighted by atomic mass is 35.5. The molecule has 0 saturated heterocycles. The molecule has 0 aliphatic heterocycles. The highest BCUT2D eigenvalue weighted by molar-refractivity contribution is 6.35. The lowest BCUT2D eigenvalue weighted by Gasteiger charge is -2.11. The average molecular weight is 320 g/mol. The monoisotopic (exact) mass is 319 g/mol. The maximum atomic E-state index is 12.2. The molecule has 0 atom stereocenters. The third kappa shape index (κ3) is 3.04. The van der Waals surface area contributed by atoms with Crippen molar-refractivity contribution in [3.63, 3.8) is 0 Å². The number of benzene rings is 1. The Hall–Kier alpha value is -2.14. The zero-order valence-corrected chi connectivity index (χ0v) is 13.8. The maximum absolute atomic E-state index is 12.2. The van der Waals surface area contributed by atoms with E-state index in [0.717, 1.165) is 0 Å². The molecule has 0 bridgehead atoms. The van der Waals surface area contributed by atoms with Gasteiger partial charge < -0.3 is 9.47 Å². The van der Waals surface area contributed by atoms with Crippen molar-refractivity contribution in [1.82, 2.24) is 9.47 Å². The van der Waals surface area contributed by atoms with Gasteiger partial charge in [0.05, 0.1) is 10.5 Å². The first-order valence-corrected chi connectivity index (χ1v) is 7.33. The summed E-state index contributed by atoms with van der Waals surface area (Å²) in [6.07, 6.45) is 0. The molecule has 0 unspecified atom stereocenters. The van der Waals surface area contributed by atoms with Crippen molar-refractivity contribution < 1.29 is 4.79 Å². The number of amides is 1. The fourth-order valence-electron chi connectivity index (χ4n) is 2.12. The smallest absolute Gasteiger partial charge is 0.278 e. The van der Waals surface area contributed by atoms with Crippen LogP contribution in [0, 0.1) is 0 Å². The number of aryl methyl sites for hydroxylation is 1. The molecule has 1 amide bonds. The molecule has 2 rings (SSSR count). The van der Waals surface area contributed by atoms with Gasteiger partial charge in [0.2, 0.25) is 0 Å². The van der Waals surface area contributed by atoms with E-state index < -0.39 is 0 Å². The van der Waals surface area contributed by atoms with Crippen LogP contribution in [0.3, 0.4) is 0 Å². The summed E-state index contributed by atoms with van der Waals surface area (Å²) >= 11 is 6.16. The zero-order valence-electron chi connectivity index (χ0n) is 13.1. The van der Waals surface area contributed by atoms with E-state index in [4.69, 9.17) is 11.6 Å². The molecule has 22 heavy (non-hydrogen) atoms. The molecule has 1 heterocycles. The second-order valence-electron chi connectivity index (χ2n) is 5.17. The normalized spacial score (nSPS) is 11.8. The molecule has 0 N–H and O–H groups in total. The van der Waals surface area contributed by atoms with Crippen LogP contribution in [-0.4, -0.2) is 35.3 Å². The molecule has 0 spiro atoms. The molecule has 0 aliphatic carbocycles. The topological polar surface area (TPSA) is 54.7 Å². The van der Waals surface area contributed by atoms with Gasteiger partial charge in [0.15, 0.2) is 0 Å². The molecule has 1 aromatic heterocycles. The van der Waals surface area contributed by atoms with Crippen LogP contribution in [0.5, 0.6) is 0 Å². The van der Waals surface area contributed by atoms with Crippen LogP contribution in [0.4, 0.5) is 0 Å². The van der Waals surface area contributed by atoms with Crippen molar-refractivity contribution in [1.29, 1.82) is 0 Å². The summed E-state index contributed by atoms with van der Waals surface area (Å²) < 4.78 is 1.61. The van der Waals surface area contributed by atoms with E-state index >= 15 is 0 Å². The molecule has 5 nitrogen and oxygen atoms in total. The summed E-state index contributed by atoms with van der Waals surface area (Å²) in [5, 5.41) is 1.01. The van der Waals surface area contributed by atoms with Crippen molar-refractivity contribution >= 4 is 34.2 Å². The first-order valence-electron chi connectivity index (χ1n) is 6.95. The van der Waals surface area contributed by atoms with Crippen LogP contribution >= 0.6 is 11.6 Å². The van der Waals surface area contributed by atoms with E-state index in [0.29, 0.717) is 33.9 Å². The van der Waals surface area contributed by atoms with E-state index in [2.05, 4.69) is 4.99 Å². The number of carbonyl (C=O) groups is 1. The van der Waals surface area contributed by atoms with Gasteiger partial charge in [-0.15, -0.1) is 0 Å².